The average molecular weight is 411 g/mol. The van der Waals surface area contributed by atoms with E-state index >= 15 is 0 Å². The predicted octanol–water partition coefficient (Wildman–Crippen LogP) is 3.06. The van der Waals surface area contributed by atoms with Crippen molar-refractivity contribution in [3.05, 3.63) is 59.2 Å². The molecule has 0 atom stereocenters. The topological polar surface area (TPSA) is 89.5 Å². The predicted molar refractivity (Wildman–Crippen MR) is 117 cm³/mol. The molecule has 2 heterocycles. The summed E-state index contributed by atoms with van der Waals surface area (Å²) in [5.41, 5.74) is 5.02. The summed E-state index contributed by atoms with van der Waals surface area (Å²) in [4.78, 5) is 9.28. The molecule has 3 aromatic rings. The van der Waals surface area contributed by atoms with Gasteiger partial charge < -0.3 is 19.8 Å². The van der Waals surface area contributed by atoms with Gasteiger partial charge in [0, 0.05) is 30.5 Å². The fourth-order valence-corrected chi connectivity index (χ4v) is 3.13. The van der Waals surface area contributed by atoms with Gasteiger partial charge in [-0.1, -0.05) is 18.2 Å². The molecule has 0 radical (unpaired) electrons. The maximum atomic E-state index is 5.61. The van der Waals surface area contributed by atoms with E-state index in [1.54, 1.807) is 13.4 Å². The maximum Gasteiger partial charge on any atom is 0.226 e. The number of rotatable bonds is 9. The van der Waals surface area contributed by atoms with Crippen molar-refractivity contribution in [2.75, 3.05) is 20.3 Å². The number of hydrogen-bond acceptors (Lipinski definition) is 5. The van der Waals surface area contributed by atoms with E-state index in [9.17, 15) is 0 Å². The van der Waals surface area contributed by atoms with Crippen LogP contribution in [-0.4, -0.2) is 41.0 Å². The summed E-state index contributed by atoms with van der Waals surface area (Å²) < 4.78 is 12.7. The Balaban J connectivity index is 1.64. The van der Waals surface area contributed by atoms with Gasteiger partial charge in [0.1, 0.15) is 6.26 Å². The summed E-state index contributed by atoms with van der Waals surface area (Å²) in [6, 6.07) is 9.86. The number of aromatic nitrogens is 3. The summed E-state index contributed by atoms with van der Waals surface area (Å²) in [7, 11) is 1.70. The number of benzene rings is 1. The van der Waals surface area contributed by atoms with Crippen molar-refractivity contribution in [3.63, 3.8) is 0 Å². The molecule has 0 spiro atoms. The van der Waals surface area contributed by atoms with Gasteiger partial charge in [-0.15, -0.1) is 0 Å². The Labute approximate surface area is 177 Å². The van der Waals surface area contributed by atoms with Crippen LogP contribution in [0.2, 0.25) is 0 Å². The SMILES string of the molecule is CCNC(=NCc1c(C)nn(CCOC)c1C)NCc1coc(-c2ccccc2)n1. The van der Waals surface area contributed by atoms with Crippen LogP contribution in [0.5, 0.6) is 0 Å². The Morgan fingerprint density at radius 2 is 2.00 bits per heavy atom. The van der Waals surface area contributed by atoms with Gasteiger partial charge in [-0.05, 0) is 32.9 Å². The van der Waals surface area contributed by atoms with E-state index in [4.69, 9.17) is 14.1 Å². The highest BCUT2D eigenvalue weighted by Crippen LogP contribution is 2.18. The van der Waals surface area contributed by atoms with Crippen molar-refractivity contribution in [2.45, 2.75) is 40.4 Å². The zero-order chi connectivity index (χ0) is 21.3. The van der Waals surface area contributed by atoms with Gasteiger partial charge in [0.25, 0.3) is 0 Å². The van der Waals surface area contributed by atoms with Gasteiger partial charge in [-0.25, -0.2) is 9.98 Å². The smallest absolute Gasteiger partial charge is 0.226 e. The number of hydrogen-bond donors (Lipinski definition) is 2. The van der Waals surface area contributed by atoms with E-state index in [-0.39, 0.29) is 0 Å². The number of guanidine groups is 1. The molecule has 0 aliphatic carbocycles. The zero-order valence-corrected chi connectivity index (χ0v) is 18.1. The van der Waals surface area contributed by atoms with Gasteiger partial charge in [-0.2, -0.15) is 5.10 Å². The molecule has 160 valence electrons. The van der Waals surface area contributed by atoms with E-state index < -0.39 is 0 Å². The summed E-state index contributed by atoms with van der Waals surface area (Å²) in [5.74, 6) is 1.34. The van der Waals surface area contributed by atoms with Crippen molar-refractivity contribution in [1.29, 1.82) is 0 Å². The first kappa shape index (κ1) is 21.6. The van der Waals surface area contributed by atoms with E-state index in [0.717, 1.165) is 47.3 Å². The first-order valence-electron chi connectivity index (χ1n) is 10.2. The Hall–Kier alpha value is -3.13. The Morgan fingerprint density at radius 1 is 1.20 bits per heavy atom. The van der Waals surface area contributed by atoms with Crippen molar-refractivity contribution in [2.24, 2.45) is 4.99 Å². The van der Waals surface area contributed by atoms with Crippen LogP contribution >= 0.6 is 0 Å². The molecule has 0 aliphatic rings. The average Bonchev–Trinajstić information content (AvgIpc) is 3.34. The van der Waals surface area contributed by atoms with Crippen LogP contribution in [0.25, 0.3) is 11.5 Å². The highest BCUT2D eigenvalue weighted by atomic mass is 16.5. The molecule has 0 fully saturated rings. The summed E-state index contributed by atoms with van der Waals surface area (Å²) in [6.07, 6.45) is 1.67. The third kappa shape index (κ3) is 5.48. The van der Waals surface area contributed by atoms with Crippen molar-refractivity contribution in [3.8, 4) is 11.5 Å². The molecule has 0 amide bonds. The number of nitrogens with zero attached hydrogens (tertiary/aromatic N) is 4. The number of ether oxygens (including phenoxy) is 1. The molecule has 2 aromatic heterocycles. The van der Waals surface area contributed by atoms with Gasteiger partial charge >= 0.3 is 0 Å². The Bertz CT molecular complexity index is 961. The Morgan fingerprint density at radius 3 is 2.73 bits per heavy atom. The highest BCUT2D eigenvalue weighted by Gasteiger charge is 2.12. The van der Waals surface area contributed by atoms with Crippen LogP contribution in [-0.2, 0) is 24.4 Å². The molecule has 30 heavy (non-hydrogen) atoms. The van der Waals surface area contributed by atoms with E-state index in [1.165, 1.54) is 0 Å². The number of nitrogens with one attached hydrogen (secondary N) is 2. The molecular weight excluding hydrogens is 380 g/mol. The molecule has 0 aliphatic heterocycles. The summed E-state index contributed by atoms with van der Waals surface area (Å²) in [5, 5.41) is 11.2. The van der Waals surface area contributed by atoms with Crippen molar-refractivity contribution >= 4 is 5.96 Å². The lowest BCUT2D eigenvalue weighted by Gasteiger charge is -2.10. The molecular formula is C22H30N6O2. The molecule has 3 rings (SSSR count). The molecule has 0 saturated carbocycles. The molecule has 0 unspecified atom stereocenters. The molecule has 8 heteroatoms. The van der Waals surface area contributed by atoms with Crippen LogP contribution in [0.4, 0.5) is 0 Å². The van der Waals surface area contributed by atoms with E-state index in [1.807, 2.05) is 48.9 Å². The third-order valence-electron chi connectivity index (χ3n) is 4.79. The normalized spacial score (nSPS) is 11.7. The second-order valence-corrected chi connectivity index (χ2v) is 6.92. The quantitative estimate of drug-likeness (QED) is 0.416. The molecule has 2 N–H and O–H groups in total. The lowest BCUT2D eigenvalue weighted by Crippen LogP contribution is -2.36. The lowest BCUT2D eigenvalue weighted by molar-refractivity contribution is 0.182. The van der Waals surface area contributed by atoms with E-state index in [2.05, 4.69) is 27.6 Å². The number of aliphatic imine (C=N–C) groups is 1. The van der Waals surface area contributed by atoms with Gasteiger partial charge in [0.15, 0.2) is 5.96 Å². The number of methoxy groups -OCH3 is 1. The summed E-state index contributed by atoms with van der Waals surface area (Å²) >= 11 is 0. The van der Waals surface area contributed by atoms with Crippen molar-refractivity contribution < 1.29 is 9.15 Å². The minimum absolute atomic E-state index is 0.521. The maximum absolute atomic E-state index is 5.61. The minimum atomic E-state index is 0.521. The van der Waals surface area contributed by atoms with Gasteiger partial charge in [0.05, 0.1) is 37.6 Å². The van der Waals surface area contributed by atoms with Crippen LogP contribution < -0.4 is 10.6 Å². The third-order valence-corrected chi connectivity index (χ3v) is 4.79. The number of aryl methyl sites for hydroxylation is 1. The molecule has 0 saturated heterocycles. The first-order valence-corrected chi connectivity index (χ1v) is 10.2. The fraction of sp³-hybridized carbons (Fsp3) is 0.409. The molecule has 8 nitrogen and oxygen atoms in total. The summed E-state index contributed by atoms with van der Waals surface area (Å²) in [6.45, 7) is 9.34. The number of oxazole rings is 1. The molecule has 1 aromatic carbocycles. The van der Waals surface area contributed by atoms with Crippen molar-refractivity contribution in [1.82, 2.24) is 25.4 Å². The largest absolute Gasteiger partial charge is 0.444 e. The fourth-order valence-electron chi connectivity index (χ4n) is 3.13. The zero-order valence-electron chi connectivity index (χ0n) is 18.1. The monoisotopic (exact) mass is 410 g/mol. The first-order chi connectivity index (χ1) is 14.6. The second-order valence-electron chi connectivity index (χ2n) is 6.92. The lowest BCUT2D eigenvalue weighted by atomic mass is 10.2. The van der Waals surface area contributed by atoms with Crippen LogP contribution in [0.15, 0.2) is 46.0 Å². The Kier molecular flexibility index (Phi) is 7.62. The van der Waals surface area contributed by atoms with Gasteiger partial charge in [-0.3, -0.25) is 4.68 Å². The minimum Gasteiger partial charge on any atom is -0.444 e. The van der Waals surface area contributed by atoms with Crippen LogP contribution in [0.3, 0.4) is 0 Å². The standard InChI is InChI=1S/C22H30N6O2/c1-5-23-22(25-14-20-16(2)27-28(17(20)3)11-12-29-4)24-13-19-15-30-21(26-19)18-9-7-6-8-10-18/h6-10,15H,5,11-14H2,1-4H3,(H2,23,24,25). The van der Waals surface area contributed by atoms with Crippen LogP contribution in [0, 0.1) is 13.8 Å². The van der Waals surface area contributed by atoms with Crippen LogP contribution in [0.1, 0.15) is 29.6 Å². The highest BCUT2D eigenvalue weighted by molar-refractivity contribution is 5.79. The van der Waals surface area contributed by atoms with Gasteiger partial charge in [0.2, 0.25) is 5.89 Å². The molecule has 0 bridgehead atoms. The second kappa shape index (κ2) is 10.6. The van der Waals surface area contributed by atoms with E-state index in [0.29, 0.717) is 25.6 Å².